The zero-order valence-electron chi connectivity index (χ0n) is 21.8. The molecule has 0 radical (unpaired) electrons. The molecule has 0 aliphatic rings. The Labute approximate surface area is 228 Å². The van der Waals surface area contributed by atoms with E-state index in [9.17, 15) is 53.4 Å². The van der Waals surface area contributed by atoms with Crippen molar-refractivity contribution in [2.24, 2.45) is 11.8 Å². The zero-order valence-corrected chi connectivity index (χ0v) is 21.8. The van der Waals surface area contributed by atoms with Crippen LogP contribution in [-0.2, 0) is 43.2 Å². The lowest BCUT2D eigenvalue weighted by atomic mass is 9.94. The van der Waals surface area contributed by atoms with E-state index in [1.54, 1.807) is 0 Å². The van der Waals surface area contributed by atoms with E-state index in [0.717, 1.165) is 6.92 Å². The Morgan fingerprint density at radius 1 is 0.525 bits per heavy atom. The Kier molecular flexibility index (Phi) is 16.0. The summed E-state index contributed by atoms with van der Waals surface area (Å²) in [5.41, 5.74) is 0. The van der Waals surface area contributed by atoms with Gasteiger partial charge >= 0.3 is 29.8 Å². The molecule has 0 aliphatic carbocycles. The fourth-order valence-electron chi connectivity index (χ4n) is 3.62. The standard InChI is InChI=1S/C24H34N2O14/c1-12(27)25-17(23(37)38)6-4-15(28)10-13(21(33)34)2-8-19(30)26-18(24(39)40)7-5-16(29)11-14(22(35)36)3-9-20(31)32/h13-14,17-18H,2-11H2,1H3,(H,25,27)(H,26,30)(H,31,32)(H,33,34)(H,35,36)(H,37,38)(H,39,40)/t13-,14-,17+,18+/m1/s1. The number of rotatable bonds is 22. The first-order chi connectivity index (χ1) is 18.5. The Bertz CT molecular complexity index is 992. The number of ketones is 2. The second-order valence-corrected chi connectivity index (χ2v) is 9.15. The molecule has 0 aromatic heterocycles. The molecule has 0 aromatic rings. The van der Waals surface area contributed by atoms with E-state index in [1.807, 2.05) is 0 Å². The van der Waals surface area contributed by atoms with Crippen molar-refractivity contribution in [1.29, 1.82) is 0 Å². The van der Waals surface area contributed by atoms with Crippen molar-refractivity contribution in [2.45, 2.75) is 83.2 Å². The quantitative estimate of drug-likeness (QED) is 0.0872. The minimum Gasteiger partial charge on any atom is -0.481 e. The summed E-state index contributed by atoms with van der Waals surface area (Å²) in [5.74, 6) is -12.3. The van der Waals surface area contributed by atoms with Crippen molar-refractivity contribution in [1.82, 2.24) is 10.6 Å². The number of nitrogens with one attached hydrogen (secondary N) is 2. The van der Waals surface area contributed by atoms with E-state index in [0.29, 0.717) is 0 Å². The maximum Gasteiger partial charge on any atom is 0.326 e. The normalized spacial score (nSPS) is 13.6. The van der Waals surface area contributed by atoms with Gasteiger partial charge in [-0.05, 0) is 25.7 Å². The number of carbonyl (C=O) groups excluding carboxylic acids is 4. The first-order valence-corrected chi connectivity index (χ1v) is 12.3. The van der Waals surface area contributed by atoms with Crippen LogP contribution in [0.25, 0.3) is 0 Å². The molecule has 0 bridgehead atoms. The molecule has 0 saturated carbocycles. The van der Waals surface area contributed by atoms with Crippen molar-refractivity contribution in [2.75, 3.05) is 0 Å². The number of amides is 2. The molecular formula is C24H34N2O14. The van der Waals surface area contributed by atoms with Crippen molar-refractivity contribution >= 4 is 53.2 Å². The molecule has 224 valence electrons. The third kappa shape index (κ3) is 15.8. The van der Waals surface area contributed by atoms with Gasteiger partial charge in [-0.15, -0.1) is 0 Å². The van der Waals surface area contributed by atoms with Crippen molar-refractivity contribution in [3.05, 3.63) is 0 Å². The maximum absolute atomic E-state index is 12.2. The minimum atomic E-state index is -1.55. The molecule has 4 atom stereocenters. The monoisotopic (exact) mass is 574 g/mol. The summed E-state index contributed by atoms with van der Waals surface area (Å²) in [7, 11) is 0. The summed E-state index contributed by atoms with van der Waals surface area (Å²) >= 11 is 0. The highest BCUT2D eigenvalue weighted by molar-refractivity contribution is 5.88. The summed E-state index contributed by atoms with van der Waals surface area (Å²) in [4.78, 5) is 104. The smallest absolute Gasteiger partial charge is 0.326 e. The van der Waals surface area contributed by atoms with Crippen molar-refractivity contribution in [3.8, 4) is 0 Å². The molecule has 0 aliphatic heterocycles. The maximum atomic E-state index is 12.2. The first kappa shape index (κ1) is 35.6. The fraction of sp³-hybridized carbons (Fsp3) is 0.625. The summed E-state index contributed by atoms with van der Waals surface area (Å²) in [6.45, 7) is 1.09. The number of Topliss-reactive ketones (excluding diaryl/α,β-unsaturated/α-hetero) is 2. The van der Waals surface area contributed by atoms with Crippen LogP contribution in [0.1, 0.15) is 71.1 Å². The minimum absolute atomic E-state index is 0.271. The highest BCUT2D eigenvalue weighted by Gasteiger charge is 2.27. The number of aliphatic carboxylic acids is 5. The van der Waals surface area contributed by atoms with Crippen LogP contribution >= 0.6 is 0 Å². The molecule has 0 heterocycles. The van der Waals surface area contributed by atoms with Gasteiger partial charge in [-0.2, -0.15) is 0 Å². The second kappa shape index (κ2) is 18.0. The molecule has 16 heteroatoms. The van der Waals surface area contributed by atoms with Crippen LogP contribution in [0.2, 0.25) is 0 Å². The largest absolute Gasteiger partial charge is 0.481 e. The van der Waals surface area contributed by atoms with Crippen LogP contribution < -0.4 is 10.6 Å². The van der Waals surface area contributed by atoms with Gasteiger partial charge in [0.15, 0.2) is 0 Å². The highest BCUT2D eigenvalue weighted by Crippen LogP contribution is 2.17. The molecule has 0 unspecified atom stereocenters. The van der Waals surface area contributed by atoms with Gasteiger partial charge in [-0.1, -0.05) is 0 Å². The number of carbonyl (C=O) groups is 9. The first-order valence-electron chi connectivity index (χ1n) is 12.3. The molecule has 0 spiro atoms. The van der Waals surface area contributed by atoms with Gasteiger partial charge in [-0.25, -0.2) is 9.59 Å². The predicted octanol–water partition coefficient (Wildman–Crippen LogP) is -0.329. The van der Waals surface area contributed by atoms with E-state index in [4.69, 9.17) is 15.3 Å². The molecule has 40 heavy (non-hydrogen) atoms. The van der Waals surface area contributed by atoms with E-state index in [-0.39, 0.29) is 25.7 Å². The van der Waals surface area contributed by atoms with Crippen LogP contribution in [0.4, 0.5) is 0 Å². The number of hydrogen-bond donors (Lipinski definition) is 7. The number of carboxylic acids is 5. The Morgan fingerprint density at radius 2 is 0.925 bits per heavy atom. The lowest BCUT2D eigenvalue weighted by Crippen LogP contribution is -2.41. The van der Waals surface area contributed by atoms with E-state index in [2.05, 4.69) is 10.6 Å². The van der Waals surface area contributed by atoms with Crippen LogP contribution in [0.15, 0.2) is 0 Å². The molecule has 2 amide bonds. The topological polar surface area (TPSA) is 279 Å². The van der Waals surface area contributed by atoms with E-state index >= 15 is 0 Å². The summed E-state index contributed by atoms with van der Waals surface area (Å²) in [6, 6.07) is -2.89. The second-order valence-electron chi connectivity index (χ2n) is 9.15. The molecular weight excluding hydrogens is 540 g/mol. The van der Waals surface area contributed by atoms with Crippen molar-refractivity contribution in [3.63, 3.8) is 0 Å². The molecule has 0 aromatic carbocycles. The third-order valence-corrected chi connectivity index (χ3v) is 5.81. The molecule has 7 N–H and O–H groups in total. The Hall–Kier alpha value is -4.37. The van der Waals surface area contributed by atoms with Crippen LogP contribution in [0.5, 0.6) is 0 Å². The van der Waals surface area contributed by atoms with Gasteiger partial charge in [0.25, 0.3) is 0 Å². The highest BCUT2D eigenvalue weighted by atomic mass is 16.4. The lowest BCUT2D eigenvalue weighted by molar-refractivity contribution is -0.145. The van der Waals surface area contributed by atoms with Gasteiger partial charge in [-0.3, -0.25) is 33.6 Å². The number of hydrogen-bond acceptors (Lipinski definition) is 9. The zero-order chi connectivity index (χ0) is 31.0. The van der Waals surface area contributed by atoms with E-state index < -0.39 is 116 Å². The predicted molar refractivity (Wildman–Crippen MR) is 131 cm³/mol. The Balaban J connectivity index is 4.86. The van der Waals surface area contributed by atoms with Gasteiger partial charge in [0, 0.05) is 45.4 Å². The van der Waals surface area contributed by atoms with Crippen LogP contribution in [-0.4, -0.2) is 90.8 Å². The van der Waals surface area contributed by atoms with Gasteiger partial charge in [0.2, 0.25) is 11.8 Å². The average Bonchev–Trinajstić information content (AvgIpc) is 2.83. The fourth-order valence-corrected chi connectivity index (χ4v) is 3.62. The lowest BCUT2D eigenvalue weighted by Gasteiger charge is -2.17. The summed E-state index contributed by atoms with van der Waals surface area (Å²) in [6.07, 6.45) is -4.08. The van der Waals surface area contributed by atoms with Crippen LogP contribution in [0, 0.1) is 11.8 Å². The molecule has 0 fully saturated rings. The summed E-state index contributed by atoms with van der Waals surface area (Å²) < 4.78 is 0. The van der Waals surface area contributed by atoms with Crippen LogP contribution in [0.3, 0.4) is 0 Å². The molecule has 16 nitrogen and oxygen atoms in total. The SMILES string of the molecule is CC(=O)N[C@@H](CCC(=O)C[C@@H](CCC(=O)N[C@@H](CCC(=O)C[C@@H](CCC(=O)O)C(=O)O)C(=O)O)C(=O)O)C(=O)O. The molecule has 0 rings (SSSR count). The van der Waals surface area contributed by atoms with E-state index in [1.165, 1.54) is 0 Å². The average molecular weight is 575 g/mol. The van der Waals surface area contributed by atoms with Crippen molar-refractivity contribution < 1.29 is 68.7 Å². The number of carboxylic acid groups (broad SMARTS) is 5. The summed E-state index contributed by atoms with van der Waals surface area (Å²) in [5, 5.41) is 49.9. The van der Waals surface area contributed by atoms with Gasteiger partial charge in [0.05, 0.1) is 11.8 Å². The third-order valence-electron chi connectivity index (χ3n) is 5.81. The van der Waals surface area contributed by atoms with Gasteiger partial charge < -0.3 is 36.2 Å². The van der Waals surface area contributed by atoms with Gasteiger partial charge in [0.1, 0.15) is 23.7 Å². The molecule has 0 saturated heterocycles. The Morgan fingerprint density at radius 3 is 1.27 bits per heavy atom.